The number of rotatable bonds is 54. The maximum absolute atomic E-state index is 13.0. The van der Waals surface area contributed by atoms with Crippen molar-refractivity contribution in [3.05, 3.63) is 36.5 Å². The quantitative estimate of drug-likeness (QED) is 0.0243. The van der Waals surface area contributed by atoms with Gasteiger partial charge >= 0.3 is 7.82 Å². The maximum atomic E-state index is 13.0. The predicted molar refractivity (Wildman–Crippen MR) is 295 cm³/mol. The zero-order valence-corrected chi connectivity index (χ0v) is 46.8. The van der Waals surface area contributed by atoms with E-state index in [0.29, 0.717) is 17.4 Å². The van der Waals surface area contributed by atoms with Crippen molar-refractivity contribution in [3.63, 3.8) is 0 Å². The van der Waals surface area contributed by atoms with Crippen LogP contribution in [0.25, 0.3) is 0 Å². The van der Waals surface area contributed by atoms with E-state index in [1.807, 2.05) is 27.2 Å². The second-order valence-corrected chi connectivity index (χ2v) is 22.8. The van der Waals surface area contributed by atoms with E-state index in [0.717, 1.165) is 44.9 Å². The van der Waals surface area contributed by atoms with Crippen molar-refractivity contribution < 1.29 is 32.9 Å². The second kappa shape index (κ2) is 50.7. The number of carbonyl (C=O) groups is 1. The second-order valence-electron chi connectivity index (χ2n) is 21.4. The van der Waals surface area contributed by atoms with Crippen molar-refractivity contribution in [2.45, 2.75) is 296 Å². The van der Waals surface area contributed by atoms with E-state index in [2.05, 4.69) is 43.5 Å². The number of quaternary nitrogens is 1. The summed E-state index contributed by atoms with van der Waals surface area (Å²) >= 11 is 0. The molecule has 0 fully saturated rings. The highest BCUT2D eigenvalue weighted by atomic mass is 31.2. The first-order valence-corrected chi connectivity index (χ1v) is 30.9. The van der Waals surface area contributed by atoms with Crippen molar-refractivity contribution in [1.29, 1.82) is 0 Å². The van der Waals surface area contributed by atoms with E-state index in [9.17, 15) is 19.4 Å². The van der Waals surface area contributed by atoms with Gasteiger partial charge in [-0.3, -0.25) is 13.8 Å². The third-order valence-corrected chi connectivity index (χ3v) is 14.3. The fraction of sp³-hybridized carbons (Fsp3) is 0.881. The Hall–Kier alpha value is -1.28. The molecule has 0 radical (unpaired) electrons. The van der Waals surface area contributed by atoms with Crippen LogP contribution in [-0.4, -0.2) is 73.4 Å². The number of carbonyl (C=O) groups excluding carboxylic acids is 1. The number of allylic oxidation sites excluding steroid dienone is 5. The summed E-state index contributed by atoms with van der Waals surface area (Å²) in [4.78, 5) is 23.3. The first-order chi connectivity index (χ1) is 33.0. The Balaban J connectivity index is 4.23. The minimum absolute atomic E-state index is 0.0552. The summed E-state index contributed by atoms with van der Waals surface area (Å²) in [7, 11) is 1.56. The fourth-order valence-corrected chi connectivity index (χ4v) is 9.46. The van der Waals surface area contributed by atoms with Gasteiger partial charge in [0, 0.05) is 6.42 Å². The van der Waals surface area contributed by atoms with E-state index < -0.39 is 20.0 Å². The molecule has 3 atom stereocenters. The molecule has 0 aromatic heterocycles. The van der Waals surface area contributed by atoms with E-state index in [4.69, 9.17) is 9.05 Å². The van der Waals surface area contributed by atoms with Crippen LogP contribution in [0.15, 0.2) is 36.5 Å². The SMILES string of the molecule is CCCCCCCCCCCCC/C=C/CC/C=C/CC/C=C/C(O)C(COP(=O)(O)OCC[N+](C)(C)C)NC(=O)CCCCCCCCCCCCCCCCCCCCCCCCCCC. The molecule has 0 aliphatic rings. The summed E-state index contributed by atoms with van der Waals surface area (Å²) in [5, 5.41) is 13.9. The highest BCUT2D eigenvalue weighted by Crippen LogP contribution is 2.43. The number of phosphoric ester groups is 1. The first-order valence-electron chi connectivity index (χ1n) is 29.4. The van der Waals surface area contributed by atoms with Crippen LogP contribution in [0.2, 0.25) is 0 Å². The molecule has 0 aromatic carbocycles. The third kappa shape index (κ3) is 52.5. The number of nitrogens with one attached hydrogen (secondary N) is 1. The summed E-state index contributed by atoms with van der Waals surface area (Å²) in [5.74, 6) is -0.186. The number of aliphatic hydroxyl groups excluding tert-OH is 1. The average molecular weight is 981 g/mol. The van der Waals surface area contributed by atoms with Crippen molar-refractivity contribution in [2.75, 3.05) is 40.9 Å². The van der Waals surface area contributed by atoms with Gasteiger partial charge < -0.3 is 19.8 Å². The number of hydrogen-bond acceptors (Lipinski definition) is 5. The molecule has 0 saturated heterocycles. The topological polar surface area (TPSA) is 105 Å². The molecule has 0 aliphatic heterocycles. The van der Waals surface area contributed by atoms with Crippen LogP contribution >= 0.6 is 7.82 Å². The molecular weight excluding hydrogens is 864 g/mol. The zero-order valence-electron chi connectivity index (χ0n) is 45.9. The molecule has 3 N–H and O–H groups in total. The number of unbranched alkanes of at least 4 members (excludes halogenated alkanes) is 37. The van der Waals surface area contributed by atoms with Gasteiger partial charge in [0.25, 0.3) is 0 Å². The van der Waals surface area contributed by atoms with E-state index in [1.54, 1.807) is 6.08 Å². The molecule has 9 heteroatoms. The number of hydrogen-bond donors (Lipinski definition) is 3. The molecule has 0 rings (SSSR count). The van der Waals surface area contributed by atoms with Gasteiger partial charge in [0.2, 0.25) is 5.91 Å². The Kier molecular flexibility index (Phi) is 49.7. The fourth-order valence-electron chi connectivity index (χ4n) is 8.72. The van der Waals surface area contributed by atoms with Gasteiger partial charge in [0.1, 0.15) is 13.2 Å². The number of likely N-dealkylation sites (N-methyl/N-ethyl adjacent to an activating group) is 1. The summed E-state index contributed by atoms with van der Waals surface area (Å²) < 4.78 is 23.7. The van der Waals surface area contributed by atoms with Crippen molar-refractivity contribution in [2.24, 2.45) is 0 Å². The lowest BCUT2D eigenvalue weighted by atomic mass is 10.0. The average Bonchev–Trinajstić information content (AvgIpc) is 3.30. The Labute approximate surface area is 423 Å². The lowest BCUT2D eigenvalue weighted by molar-refractivity contribution is -0.870. The summed E-state index contributed by atoms with van der Waals surface area (Å²) in [6.07, 6.45) is 65.4. The number of amides is 1. The number of nitrogens with zero attached hydrogens (tertiary/aromatic N) is 1. The predicted octanol–water partition coefficient (Wildman–Crippen LogP) is 17.8. The molecular formula is C59H116N2O6P+. The van der Waals surface area contributed by atoms with Gasteiger partial charge in [0.05, 0.1) is 39.9 Å². The molecule has 0 bridgehead atoms. The van der Waals surface area contributed by atoms with Crippen LogP contribution in [0, 0.1) is 0 Å². The lowest BCUT2D eigenvalue weighted by Gasteiger charge is -2.25. The van der Waals surface area contributed by atoms with Crippen LogP contribution < -0.4 is 5.32 Å². The van der Waals surface area contributed by atoms with Crippen LogP contribution in [0.4, 0.5) is 0 Å². The highest BCUT2D eigenvalue weighted by Gasteiger charge is 2.27. The molecule has 3 unspecified atom stereocenters. The molecule has 1 amide bonds. The maximum Gasteiger partial charge on any atom is 0.472 e. The van der Waals surface area contributed by atoms with Gasteiger partial charge in [0.15, 0.2) is 0 Å². The Morgan fingerprint density at radius 2 is 0.809 bits per heavy atom. The van der Waals surface area contributed by atoms with Gasteiger partial charge in [-0.1, -0.05) is 269 Å². The smallest absolute Gasteiger partial charge is 0.387 e. The summed E-state index contributed by atoms with van der Waals surface area (Å²) in [6.45, 7) is 4.83. The number of aliphatic hydroxyl groups is 1. The molecule has 402 valence electrons. The molecule has 8 nitrogen and oxygen atoms in total. The highest BCUT2D eigenvalue weighted by molar-refractivity contribution is 7.47. The minimum Gasteiger partial charge on any atom is -0.387 e. The van der Waals surface area contributed by atoms with E-state index in [-0.39, 0.29) is 19.1 Å². The molecule has 0 heterocycles. The Morgan fingerprint density at radius 3 is 1.18 bits per heavy atom. The summed E-state index contributed by atoms with van der Waals surface area (Å²) in [5.41, 5.74) is 0. The van der Waals surface area contributed by atoms with Crippen molar-refractivity contribution >= 4 is 13.7 Å². The lowest BCUT2D eigenvalue weighted by Crippen LogP contribution is -2.45. The molecule has 0 saturated carbocycles. The standard InChI is InChI=1S/C59H115N2O6P/c1-6-8-10-12-14-16-18-20-22-24-26-28-29-30-31-33-35-37-39-41-43-45-47-49-51-53-59(63)60-57(56-67-68(64,65)66-55-54-61(3,4)5)58(62)52-50-48-46-44-42-40-38-36-34-32-27-25-23-21-19-17-15-13-11-9-7-2/h34,36,42,44,50,52,57-58,62H,6-33,35,37-41,43,45-49,51,53-56H2,1-5H3,(H-,60,63,64,65)/p+1/b36-34+,44-42+,52-50+. The van der Waals surface area contributed by atoms with Crippen LogP contribution in [-0.2, 0) is 18.4 Å². The zero-order chi connectivity index (χ0) is 49.9. The largest absolute Gasteiger partial charge is 0.472 e. The molecule has 0 spiro atoms. The van der Waals surface area contributed by atoms with Crippen LogP contribution in [0.3, 0.4) is 0 Å². The van der Waals surface area contributed by atoms with Crippen molar-refractivity contribution in [3.8, 4) is 0 Å². The Bertz CT molecular complexity index is 1200. The van der Waals surface area contributed by atoms with Gasteiger partial charge in [-0.15, -0.1) is 0 Å². The van der Waals surface area contributed by atoms with E-state index in [1.165, 1.54) is 218 Å². The van der Waals surface area contributed by atoms with Crippen LogP contribution in [0.1, 0.15) is 284 Å². The summed E-state index contributed by atoms with van der Waals surface area (Å²) in [6, 6.07) is -0.868. The van der Waals surface area contributed by atoms with Gasteiger partial charge in [-0.2, -0.15) is 0 Å². The molecule has 0 aliphatic carbocycles. The molecule has 0 aromatic rings. The minimum atomic E-state index is -4.36. The normalized spacial score (nSPS) is 14.2. The first kappa shape index (κ1) is 66.7. The Morgan fingerprint density at radius 1 is 0.485 bits per heavy atom. The van der Waals surface area contributed by atoms with Gasteiger partial charge in [-0.25, -0.2) is 4.57 Å². The van der Waals surface area contributed by atoms with E-state index >= 15 is 0 Å². The van der Waals surface area contributed by atoms with Gasteiger partial charge in [-0.05, 0) is 44.9 Å². The monoisotopic (exact) mass is 980 g/mol. The number of phosphoric acid groups is 1. The third-order valence-electron chi connectivity index (χ3n) is 13.3. The van der Waals surface area contributed by atoms with Crippen LogP contribution in [0.5, 0.6) is 0 Å². The van der Waals surface area contributed by atoms with Crippen molar-refractivity contribution in [1.82, 2.24) is 5.32 Å². The molecule has 68 heavy (non-hydrogen) atoms.